The van der Waals surface area contributed by atoms with Gasteiger partial charge in [0.05, 0.1) is 23.0 Å². The molecule has 1 amide bonds. The Kier molecular flexibility index (Phi) is 4.75. The van der Waals surface area contributed by atoms with Crippen molar-refractivity contribution in [3.63, 3.8) is 0 Å². The normalized spacial score (nSPS) is 22.8. The van der Waals surface area contributed by atoms with E-state index in [2.05, 4.69) is 4.98 Å². The number of carboxylic acid groups (broad SMARTS) is 1. The molecule has 1 N–H and O–H groups in total. The lowest BCUT2D eigenvalue weighted by molar-refractivity contribution is -0.146. The van der Waals surface area contributed by atoms with Gasteiger partial charge < -0.3 is 10.0 Å². The first-order valence-corrected chi connectivity index (χ1v) is 7.81. The lowest BCUT2D eigenvalue weighted by atomic mass is 9.90. The Hall–Kier alpha value is -1.43. The number of rotatable bonds is 4. The van der Waals surface area contributed by atoms with Crippen LogP contribution in [0.5, 0.6) is 0 Å². The van der Waals surface area contributed by atoms with Gasteiger partial charge in [-0.15, -0.1) is 11.3 Å². The number of hydrogen-bond donors (Lipinski definition) is 1. The van der Waals surface area contributed by atoms with Gasteiger partial charge in [-0.2, -0.15) is 0 Å². The summed E-state index contributed by atoms with van der Waals surface area (Å²) in [7, 11) is 0. The third-order valence-electron chi connectivity index (χ3n) is 3.60. The number of aryl methyl sites for hydroxylation is 1. The fourth-order valence-corrected chi connectivity index (χ4v) is 3.34. The van der Waals surface area contributed by atoms with Crippen molar-refractivity contribution < 1.29 is 14.7 Å². The predicted octanol–water partition coefficient (Wildman–Crippen LogP) is 1.82. The van der Waals surface area contributed by atoms with Gasteiger partial charge in [-0.25, -0.2) is 4.98 Å². The van der Waals surface area contributed by atoms with E-state index in [1.807, 2.05) is 19.2 Å². The van der Waals surface area contributed by atoms with Crippen molar-refractivity contribution in [2.24, 2.45) is 11.8 Å². The van der Waals surface area contributed by atoms with Gasteiger partial charge in [0.1, 0.15) is 0 Å². The van der Waals surface area contributed by atoms with Crippen LogP contribution in [-0.4, -0.2) is 40.0 Å². The van der Waals surface area contributed by atoms with Crippen molar-refractivity contribution in [3.8, 4) is 0 Å². The summed E-state index contributed by atoms with van der Waals surface area (Å²) in [6, 6.07) is 0. The second-order valence-electron chi connectivity index (χ2n) is 5.44. The molecule has 0 bridgehead atoms. The number of aliphatic carboxylic acids is 1. The van der Waals surface area contributed by atoms with Gasteiger partial charge in [0, 0.05) is 18.5 Å². The molecule has 2 rings (SSSR count). The van der Waals surface area contributed by atoms with E-state index in [4.69, 9.17) is 5.11 Å². The molecule has 5 nitrogen and oxygen atoms in total. The average molecular weight is 296 g/mol. The summed E-state index contributed by atoms with van der Waals surface area (Å²) in [5.74, 6) is -1.04. The van der Waals surface area contributed by atoms with Crippen LogP contribution in [-0.2, 0) is 22.4 Å². The monoisotopic (exact) mass is 296 g/mol. The maximum atomic E-state index is 12.3. The van der Waals surface area contributed by atoms with E-state index in [0.29, 0.717) is 19.5 Å². The third-order valence-corrected chi connectivity index (χ3v) is 4.64. The molecule has 2 heterocycles. The molecule has 1 aromatic rings. The molecule has 1 aromatic heterocycles. The van der Waals surface area contributed by atoms with Crippen LogP contribution in [0, 0.1) is 11.8 Å². The summed E-state index contributed by atoms with van der Waals surface area (Å²) >= 11 is 1.57. The standard InChI is InChI=1S/C14H20N2O3S/c1-3-12-15-11(8-20-12)5-13(17)16-6-9(2)4-10(7-16)14(18)19/h8-10H,3-7H2,1-2H3,(H,18,19). The fourth-order valence-electron chi connectivity index (χ4n) is 2.59. The zero-order chi connectivity index (χ0) is 14.7. The minimum absolute atomic E-state index is 0.0178. The lowest BCUT2D eigenvalue weighted by Gasteiger charge is -2.34. The highest BCUT2D eigenvalue weighted by atomic mass is 32.1. The molecule has 110 valence electrons. The number of amides is 1. The van der Waals surface area contributed by atoms with Gasteiger partial charge in [0.15, 0.2) is 0 Å². The summed E-state index contributed by atoms with van der Waals surface area (Å²) in [5.41, 5.74) is 0.793. The van der Waals surface area contributed by atoms with Crippen molar-refractivity contribution in [2.75, 3.05) is 13.1 Å². The highest BCUT2D eigenvalue weighted by Gasteiger charge is 2.31. The second-order valence-corrected chi connectivity index (χ2v) is 6.38. The lowest BCUT2D eigenvalue weighted by Crippen LogP contribution is -2.46. The Balaban J connectivity index is 1.99. The first-order chi connectivity index (χ1) is 9.49. The van der Waals surface area contributed by atoms with Crippen LogP contribution in [0.3, 0.4) is 0 Å². The minimum atomic E-state index is -0.809. The number of hydrogen-bond acceptors (Lipinski definition) is 4. The minimum Gasteiger partial charge on any atom is -0.481 e. The third kappa shape index (κ3) is 3.56. The van der Waals surface area contributed by atoms with Crippen molar-refractivity contribution in [2.45, 2.75) is 33.1 Å². The van der Waals surface area contributed by atoms with E-state index in [1.165, 1.54) is 0 Å². The maximum Gasteiger partial charge on any atom is 0.308 e. The number of carbonyl (C=O) groups excluding carboxylic acids is 1. The van der Waals surface area contributed by atoms with Crippen LogP contribution in [0.2, 0.25) is 0 Å². The largest absolute Gasteiger partial charge is 0.481 e. The molecule has 0 aliphatic carbocycles. The zero-order valence-corrected chi connectivity index (χ0v) is 12.7. The number of carboxylic acids is 1. The van der Waals surface area contributed by atoms with Gasteiger partial charge in [0.2, 0.25) is 5.91 Å². The number of carbonyl (C=O) groups is 2. The van der Waals surface area contributed by atoms with Gasteiger partial charge in [-0.3, -0.25) is 9.59 Å². The Morgan fingerprint density at radius 3 is 2.85 bits per heavy atom. The average Bonchev–Trinajstić information content (AvgIpc) is 2.85. The molecule has 1 saturated heterocycles. The van der Waals surface area contributed by atoms with E-state index in [0.717, 1.165) is 17.1 Å². The van der Waals surface area contributed by atoms with Crippen LogP contribution in [0.15, 0.2) is 5.38 Å². The van der Waals surface area contributed by atoms with Crippen molar-refractivity contribution in [3.05, 3.63) is 16.1 Å². The Morgan fingerprint density at radius 2 is 2.25 bits per heavy atom. The number of nitrogens with zero attached hydrogens (tertiary/aromatic N) is 2. The SMILES string of the molecule is CCc1nc(CC(=O)N2CC(C)CC(C(=O)O)C2)cs1. The predicted molar refractivity (Wildman–Crippen MR) is 76.7 cm³/mol. The van der Waals surface area contributed by atoms with Gasteiger partial charge in [0.25, 0.3) is 0 Å². The van der Waals surface area contributed by atoms with Gasteiger partial charge in [-0.1, -0.05) is 13.8 Å². The second kappa shape index (κ2) is 6.35. The first-order valence-electron chi connectivity index (χ1n) is 6.93. The van der Waals surface area contributed by atoms with Crippen LogP contribution < -0.4 is 0 Å². The Morgan fingerprint density at radius 1 is 1.50 bits per heavy atom. The fraction of sp³-hybridized carbons (Fsp3) is 0.643. The molecular formula is C14H20N2O3S. The molecule has 0 aromatic carbocycles. The molecule has 0 saturated carbocycles. The molecular weight excluding hydrogens is 276 g/mol. The Labute approximate surface area is 122 Å². The summed E-state index contributed by atoms with van der Waals surface area (Å²) in [4.78, 5) is 29.5. The summed E-state index contributed by atoms with van der Waals surface area (Å²) in [6.45, 7) is 5.00. The first kappa shape index (κ1) is 15.0. The Bertz CT molecular complexity index is 500. The number of aromatic nitrogens is 1. The van der Waals surface area contributed by atoms with Gasteiger partial charge >= 0.3 is 5.97 Å². The van der Waals surface area contributed by atoms with Crippen LogP contribution >= 0.6 is 11.3 Å². The molecule has 20 heavy (non-hydrogen) atoms. The number of thiazole rings is 1. The van der Waals surface area contributed by atoms with Crippen LogP contribution in [0.4, 0.5) is 0 Å². The molecule has 2 atom stereocenters. The van der Waals surface area contributed by atoms with Crippen molar-refractivity contribution in [1.82, 2.24) is 9.88 Å². The van der Waals surface area contributed by atoms with E-state index < -0.39 is 11.9 Å². The highest BCUT2D eigenvalue weighted by Crippen LogP contribution is 2.22. The number of likely N-dealkylation sites (tertiary alicyclic amines) is 1. The summed E-state index contributed by atoms with van der Waals surface area (Å²) in [5, 5.41) is 12.1. The van der Waals surface area contributed by atoms with E-state index in [-0.39, 0.29) is 18.2 Å². The number of piperidine rings is 1. The zero-order valence-electron chi connectivity index (χ0n) is 11.8. The molecule has 6 heteroatoms. The quantitative estimate of drug-likeness (QED) is 0.920. The van der Waals surface area contributed by atoms with E-state index in [1.54, 1.807) is 16.2 Å². The topological polar surface area (TPSA) is 70.5 Å². The van der Waals surface area contributed by atoms with Crippen LogP contribution in [0.1, 0.15) is 31.0 Å². The summed E-state index contributed by atoms with van der Waals surface area (Å²) in [6.07, 6.45) is 1.80. The van der Waals surface area contributed by atoms with Crippen molar-refractivity contribution >= 4 is 23.2 Å². The highest BCUT2D eigenvalue weighted by molar-refractivity contribution is 7.09. The molecule has 0 spiro atoms. The molecule has 1 aliphatic rings. The van der Waals surface area contributed by atoms with E-state index >= 15 is 0 Å². The van der Waals surface area contributed by atoms with Crippen molar-refractivity contribution in [1.29, 1.82) is 0 Å². The van der Waals surface area contributed by atoms with Crippen LogP contribution in [0.25, 0.3) is 0 Å². The molecule has 1 fully saturated rings. The van der Waals surface area contributed by atoms with Gasteiger partial charge in [-0.05, 0) is 18.8 Å². The smallest absolute Gasteiger partial charge is 0.308 e. The van der Waals surface area contributed by atoms with E-state index in [9.17, 15) is 9.59 Å². The molecule has 1 aliphatic heterocycles. The maximum absolute atomic E-state index is 12.3. The summed E-state index contributed by atoms with van der Waals surface area (Å²) < 4.78 is 0. The molecule has 2 unspecified atom stereocenters. The molecule has 0 radical (unpaired) electrons.